The highest BCUT2D eigenvalue weighted by Gasteiger charge is 2.46. The molecule has 3 heteroatoms. The van der Waals surface area contributed by atoms with Gasteiger partial charge < -0.3 is 14.8 Å². The summed E-state index contributed by atoms with van der Waals surface area (Å²) in [6.07, 6.45) is 3.75. The Hall–Kier alpha value is -0.120. The Labute approximate surface area is 98.9 Å². The van der Waals surface area contributed by atoms with Gasteiger partial charge in [-0.05, 0) is 47.1 Å². The maximum absolute atomic E-state index is 6.05. The van der Waals surface area contributed by atoms with E-state index in [-0.39, 0.29) is 17.3 Å². The molecule has 0 radical (unpaired) electrons. The second-order valence-electron chi connectivity index (χ2n) is 6.28. The van der Waals surface area contributed by atoms with Crippen LogP contribution in [0, 0.1) is 0 Å². The predicted molar refractivity (Wildman–Crippen MR) is 64.6 cm³/mol. The molecule has 2 heterocycles. The van der Waals surface area contributed by atoms with E-state index in [0.717, 1.165) is 19.6 Å². The molecule has 2 rings (SSSR count). The van der Waals surface area contributed by atoms with Gasteiger partial charge in [-0.1, -0.05) is 0 Å². The van der Waals surface area contributed by atoms with Crippen molar-refractivity contribution in [1.29, 1.82) is 0 Å². The Morgan fingerprint density at radius 3 is 2.56 bits per heavy atom. The van der Waals surface area contributed by atoms with Crippen molar-refractivity contribution in [1.82, 2.24) is 5.32 Å². The normalized spacial score (nSPS) is 36.8. The molecule has 2 aliphatic rings. The molecule has 0 aromatic heterocycles. The number of nitrogens with one attached hydrogen (secondary N) is 1. The second-order valence-corrected chi connectivity index (χ2v) is 6.28. The van der Waals surface area contributed by atoms with Crippen molar-refractivity contribution in [3.8, 4) is 0 Å². The summed E-state index contributed by atoms with van der Waals surface area (Å²) in [6, 6.07) is 0.555. The lowest BCUT2D eigenvalue weighted by atomic mass is 9.97. The van der Waals surface area contributed by atoms with E-state index in [1.807, 2.05) is 0 Å². The SMILES string of the molecule is CC1(C)CC(OCC2CCCN2)C(C)(C)O1. The van der Waals surface area contributed by atoms with E-state index in [2.05, 4.69) is 33.0 Å². The standard InChI is InChI=1S/C13H25NO2/c1-12(2)8-11(13(3,4)16-12)15-9-10-6-5-7-14-10/h10-11,14H,5-9H2,1-4H3. The maximum Gasteiger partial charge on any atom is 0.0895 e. The molecular formula is C13H25NO2. The highest BCUT2D eigenvalue weighted by molar-refractivity contribution is 4.95. The first-order valence-electron chi connectivity index (χ1n) is 6.44. The van der Waals surface area contributed by atoms with Crippen LogP contribution in [0.25, 0.3) is 0 Å². The first-order chi connectivity index (χ1) is 7.39. The molecular weight excluding hydrogens is 202 g/mol. The lowest BCUT2D eigenvalue weighted by molar-refractivity contribution is -0.104. The van der Waals surface area contributed by atoms with Gasteiger partial charge in [-0.15, -0.1) is 0 Å². The minimum absolute atomic E-state index is 0.0444. The van der Waals surface area contributed by atoms with Crippen LogP contribution in [0.1, 0.15) is 47.0 Å². The largest absolute Gasteiger partial charge is 0.374 e. The molecule has 2 atom stereocenters. The Morgan fingerprint density at radius 1 is 1.31 bits per heavy atom. The van der Waals surface area contributed by atoms with Gasteiger partial charge in [0.05, 0.1) is 23.9 Å². The Morgan fingerprint density at radius 2 is 2.06 bits per heavy atom. The van der Waals surface area contributed by atoms with Gasteiger partial charge in [0.15, 0.2) is 0 Å². The molecule has 94 valence electrons. The minimum atomic E-state index is -0.151. The summed E-state index contributed by atoms with van der Waals surface area (Å²) < 4.78 is 12.1. The molecule has 0 aliphatic carbocycles. The zero-order valence-corrected chi connectivity index (χ0v) is 11.0. The average molecular weight is 227 g/mol. The highest BCUT2D eigenvalue weighted by Crippen LogP contribution is 2.39. The lowest BCUT2D eigenvalue weighted by Crippen LogP contribution is -2.38. The van der Waals surface area contributed by atoms with Crippen LogP contribution in [-0.4, -0.2) is 36.5 Å². The molecule has 0 amide bonds. The minimum Gasteiger partial charge on any atom is -0.374 e. The van der Waals surface area contributed by atoms with Gasteiger partial charge in [0.1, 0.15) is 0 Å². The van der Waals surface area contributed by atoms with Gasteiger partial charge in [-0.3, -0.25) is 0 Å². The smallest absolute Gasteiger partial charge is 0.0895 e. The van der Waals surface area contributed by atoms with Crippen molar-refractivity contribution in [2.75, 3.05) is 13.2 Å². The van der Waals surface area contributed by atoms with E-state index >= 15 is 0 Å². The molecule has 0 bridgehead atoms. The van der Waals surface area contributed by atoms with Crippen LogP contribution in [0.5, 0.6) is 0 Å². The molecule has 3 nitrogen and oxygen atoms in total. The van der Waals surface area contributed by atoms with Crippen molar-refractivity contribution in [3.63, 3.8) is 0 Å². The molecule has 0 aromatic rings. The summed E-state index contributed by atoms with van der Waals surface area (Å²) >= 11 is 0. The Balaban J connectivity index is 1.84. The van der Waals surface area contributed by atoms with E-state index in [1.54, 1.807) is 0 Å². The second kappa shape index (κ2) is 4.28. The van der Waals surface area contributed by atoms with Crippen LogP contribution < -0.4 is 5.32 Å². The maximum atomic E-state index is 6.05. The van der Waals surface area contributed by atoms with Gasteiger partial charge in [0.25, 0.3) is 0 Å². The number of hydrogen-bond donors (Lipinski definition) is 1. The van der Waals surface area contributed by atoms with Gasteiger partial charge in [-0.2, -0.15) is 0 Å². The van der Waals surface area contributed by atoms with Crippen LogP contribution >= 0.6 is 0 Å². The molecule has 0 spiro atoms. The molecule has 2 aliphatic heterocycles. The topological polar surface area (TPSA) is 30.5 Å². The van der Waals surface area contributed by atoms with E-state index in [4.69, 9.17) is 9.47 Å². The summed E-state index contributed by atoms with van der Waals surface area (Å²) in [4.78, 5) is 0. The quantitative estimate of drug-likeness (QED) is 0.801. The predicted octanol–water partition coefficient (Wildman–Crippen LogP) is 2.10. The summed E-state index contributed by atoms with van der Waals surface area (Å²) in [5.41, 5.74) is -0.195. The third kappa shape index (κ3) is 2.76. The summed E-state index contributed by atoms with van der Waals surface area (Å²) in [5.74, 6) is 0. The summed E-state index contributed by atoms with van der Waals surface area (Å²) in [6.45, 7) is 10.5. The van der Waals surface area contributed by atoms with Crippen LogP contribution in [0.2, 0.25) is 0 Å². The molecule has 1 N–H and O–H groups in total. The van der Waals surface area contributed by atoms with E-state index in [1.165, 1.54) is 12.8 Å². The van der Waals surface area contributed by atoms with Crippen LogP contribution in [0.4, 0.5) is 0 Å². The molecule has 2 saturated heterocycles. The fourth-order valence-electron chi connectivity index (χ4n) is 2.90. The van der Waals surface area contributed by atoms with Gasteiger partial charge in [-0.25, -0.2) is 0 Å². The van der Waals surface area contributed by atoms with Crippen LogP contribution in [-0.2, 0) is 9.47 Å². The first-order valence-corrected chi connectivity index (χ1v) is 6.44. The van der Waals surface area contributed by atoms with E-state index < -0.39 is 0 Å². The fourth-order valence-corrected chi connectivity index (χ4v) is 2.90. The highest BCUT2D eigenvalue weighted by atomic mass is 16.6. The third-order valence-corrected chi connectivity index (χ3v) is 3.65. The monoisotopic (exact) mass is 227 g/mol. The molecule has 2 unspecified atom stereocenters. The number of ether oxygens (including phenoxy) is 2. The van der Waals surface area contributed by atoms with Crippen molar-refractivity contribution < 1.29 is 9.47 Å². The zero-order valence-electron chi connectivity index (χ0n) is 11.0. The van der Waals surface area contributed by atoms with E-state index in [0.29, 0.717) is 6.04 Å². The van der Waals surface area contributed by atoms with Crippen molar-refractivity contribution in [2.24, 2.45) is 0 Å². The van der Waals surface area contributed by atoms with E-state index in [9.17, 15) is 0 Å². The average Bonchev–Trinajstić information content (AvgIpc) is 2.67. The zero-order chi connectivity index (χ0) is 11.8. The van der Waals surface area contributed by atoms with Crippen LogP contribution in [0.3, 0.4) is 0 Å². The summed E-state index contributed by atoms with van der Waals surface area (Å²) in [7, 11) is 0. The van der Waals surface area contributed by atoms with Gasteiger partial charge in [0, 0.05) is 12.5 Å². The molecule has 0 aromatic carbocycles. The third-order valence-electron chi connectivity index (χ3n) is 3.65. The van der Waals surface area contributed by atoms with Gasteiger partial charge >= 0.3 is 0 Å². The Kier molecular flexibility index (Phi) is 3.30. The Bertz CT molecular complexity index is 244. The molecule has 0 saturated carbocycles. The fraction of sp³-hybridized carbons (Fsp3) is 1.00. The van der Waals surface area contributed by atoms with Crippen molar-refractivity contribution >= 4 is 0 Å². The molecule has 16 heavy (non-hydrogen) atoms. The summed E-state index contributed by atoms with van der Waals surface area (Å²) in [5, 5.41) is 3.46. The van der Waals surface area contributed by atoms with Gasteiger partial charge in [0.2, 0.25) is 0 Å². The number of hydrogen-bond acceptors (Lipinski definition) is 3. The number of rotatable bonds is 3. The lowest BCUT2D eigenvalue weighted by Gasteiger charge is -2.27. The molecule has 2 fully saturated rings. The van der Waals surface area contributed by atoms with Crippen molar-refractivity contribution in [3.05, 3.63) is 0 Å². The first kappa shape index (κ1) is 12.3. The van der Waals surface area contributed by atoms with Crippen LogP contribution in [0.15, 0.2) is 0 Å². The van der Waals surface area contributed by atoms with Crippen molar-refractivity contribution in [2.45, 2.75) is 70.3 Å².